The molecule has 9 heteroatoms. The van der Waals surface area contributed by atoms with Crippen LogP contribution in [0.25, 0.3) is 0 Å². The lowest BCUT2D eigenvalue weighted by atomic mass is 10.1. The molecule has 0 bridgehead atoms. The Morgan fingerprint density at radius 2 is 1.97 bits per heavy atom. The average Bonchev–Trinajstić information content (AvgIpc) is 3.07. The van der Waals surface area contributed by atoms with E-state index in [0.29, 0.717) is 13.1 Å². The third-order valence-electron chi connectivity index (χ3n) is 4.08. The normalized spacial score (nSPS) is 12.5. The molecule has 172 valence electrons. The lowest BCUT2D eigenvalue weighted by molar-refractivity contribution is 0.0505. The highest BCUT2D eigenvalue weighted by Crippen LogP contribution is 2.16. The van der Waals surface area contributed by atoms with Crippen LogP contribution >= 0.6 is 35.3 Å². The molecule has 0 saturated heterocycles. The Bertz CT molecular complexity index is 836. The van der Waals surface area contributed by atoms with Crippen molar-refractivity contribution < 1.29 is 9.53 Å². The smallest absolute Gasteiger partial charge is 0.408 e. The number of guanidine groups is 1. The number of carbonyl (C=O) groups excluding carboxylic acids is 1. The van der Waals surface area contributed by atoms with E-state index >= 15 is 0 Å². The molecule has 1 unspecified atom stereocenters. The van der Waals surface area contributed by atoms with Crippen LogP contribution in [0, 0.1) is 6.92 Å². The van der Waals surface area contributed by atoms with E-state index in [1.807, 2.05) is 76.9 Å². The van der Waals surface area contributed by atoms with Gasteiger partial charge in [0.05, 0.1) is 29.8 Å². The van der Waals surface area contributed by atoms with Crippen LogP contribution in [0.2, 0.25) is 0 Å². The maximum absolute atomic E-state index is 12.4. The molecular weight excluding hydrogens is 525 g/mol. The number of ether oxygens (including phenoxy) is 1. The Morgan fingerprint density at radius 1 is 1.29 bits per heavy atom. The molecule has 0 aliphatic carbocycles. The van der Waals surface area contributed by atoms with Crippen LogP contribution in [0.3, 0.4) is 0 Å². The molecule has 7 nitrogen and oxygen atoms in total. The molecule has 1 aromatic heterocycles. The van der Waals surface area contributed by atoms with Crippen molar-refractivity contribution in [3.63, 3.8) is 0 Å². The number of halogens is 1. The number of carbonyl (C=O) groups is 1. The predicted molar refractivity (Wildman–Crippen MR) is 138 cm³/mol. The second-order valence-corrected chi connectivity index (χ2v) is 9.08. The van der Waals surface area contributed by atoms with Gasteiger partial charge in [-0.15, -0.1) is 35.3 Å². The van der Waals surface area contributed by atoms with E-state index in [9.17, 15) is 4.79 Å². The first-order valence-corrected chi connectivity index (χ1v) is 11.0. The van der Waals surface area contributed by atoms with Crippen LogP contribution in [0.4, 0.5) is 4.79 Å². The van der Waals surface area contributed by atoms with Crippen molar-refractivity contribution in [3.05, 3.63) is 52.0 Å². The highest BCUT2D eigenvalue weighted by Gasteiger charge is 2.21. The van der Waals surface area contributed by atoms with Crippen molar-refractivity contribution in [2.45, 2.75) is 52.8 Å². The van der Waals surface area contributed by atoms with Gasteiger partial charge in [0.2, 0.25) is 0 Å². The summed E-state index contributed by atoms with van der Waals surface area (Å²) in [7, 11) is 1.98. The third-order valence-corrected chi connectivity index (χ3v) is 4.90. The standard InChI is InChI=1S/C22H33N5O2S.HI/c1-7-23-20(27(6)14-18-15-30-16(2)25-18)24-13-19(17-11-9-8-10-12-17)26-21(28)29-22(3,4)5;/h8-12,15,19H,7,13-14H2,1-6H3,(H,23,24)(H,26,28);1H. The maximum Gasteiger partial charge on any atom is 0.408 e. The van der Waals surface area contributed by atoms with Gasteiger partial charge < -0.3 is 20.3 Å². The predicted octanol–water partition coefficient (Wildman–Crippen LogP) is 4.73. The summed E-state index contributed by atoms with van der Waals surface area (Å²) in [5.41, 5.74) is 1.42. The van der Waals surface area contributed by atoms with E-state index in [1.54, 1.807) is 11.3 Å². The quantitative estimate of drug-likeness (QED) is 0.291. The first-order valence-electron chi connectivity index (χ1n) is 10.1. The Balaban J connectivity index is 0.00000480. The van der Waals surface area contributed by atoms with E-state index in [4.69, 9.17) is 9.73 Å². The molecule has 0 aliphatic rings. The third kappa shape index (κ3) is 9.86. The second kappa shape index (κ2) is 12.8. The molecule has 0 radical (unpaired) electrons. The van der Waals surface area contributed by atoms with E-state index in [-0.39, 0.29) is 30.0 Å². The van der Waals surface area contributed by atoms with Gasteiger partial charge in [0.15, 0.2) is 5.96 Å². The number of nitrogens with one attached hydrogen (secondary N) is 2. The summed E-state index contributed by atoms with van der Waals surface area (Å²) < 4.78 is 5.44. The minimum Gasteiger partial charge on any atom is -0.444 e. The van der Waals surface area contributed by atoms with Gasteiger partial charge in [0.25, 0.3) is 0 Å². The summed E-state index contributed by atoms with van der Waals surface area (Å²) in [5, 5.41) is 9.38. The van der Waals surface area contributed by atoms with Gasteiger partial charge in [-0.1, -0.05) is 30.3 Å². The molecule has 0 aliphatic heterocycles. The van der Waals surface area contributed by atoms with E-state index in [2.05, 4.69) is 21.0 Å². The Morgan fingerprint density at radius 3 is 2.52 bits per heavy atom. The number of aryl methyl sites for hydroxylation is 1. The number of amides is 1. The molecule has 1 heterocycles. The first-order chi connectivity index (χ1) is 14.2. The van der Waals surface area contributed by atoms with Crippen LogP contribution < -0.4 is 10.6 Å². The second-order valence-electron chi connectivity index (χ2n) is 8.02. The number of hydrogen-bond donors (Lipinski definition) is 2. The number of aromatic nitrogens is 1. The minimum absolute atomic E-state index is 0. The zero-order valence-corrected chi connectivity index (χ0v) is 22.3. The Hall–Kier alpha value is -1.88. The van der Waals surface area contributed by atoms with Crippen LogP contribution in [-0.2, 0) is 11.3 Å². The zero-order valence-electron chi connectivity index (χ0n) is 19.1. The number of thiazole rings is 1. The SMILES string of the molecule is CCNC(=NCC(NC(=O)OC(C)(C)C)c1ccccc1)N(C)Cc1csc(C)n1.I. The van der Waals surface area contributed by atoms with E-state index in [0.717, 1.165) is 28.8 Å². The van der Waals surface area contributed by atoms with Crippen molar-refractivity contribution in [3.8, 4) is 0 Å². The van der Waals surface area contributed by atoms with Gasteiger partial charge >= 0.3 is 6.09 Å². The van der Waals surface area contributed by atoms with Crippen LogP contribution in [0.5, 0.6) is 0 Å². The van der Waals surface area contributed by atoms with Crippen molar-refractivity contribution in [1.82, 2.24) is 20.5 Å². The molecule has 0 fully saturated rings. The summed E-state index contributed by atoms with van der Waals surface area (Å²) in [4.78, 5) is 23.7. The highest BCUT2D eigenvalue weighted by molar-refractivity contribution is 14.0. The average molecular weight is 560 g/mol. The van der Waals surface area contributed by atoms with Crippen molar-refractivity contribution in [1.29, 1.82) is 0 Å². The van der Waals surface area contributed by atoms with Crippen molar-refractivity contribution in [2.24, 2.45) is 4.99 Å². The van der Waals surface area contributed by atoms with Crippen LogP contribution in [-0.4, -0.2) is 47.7 Å². The largest absolute Gasteiger partial charge is 0.444 e. The lowest BCUT2D eigenvalue weighted by Crippen LogP contribution is -2.40. The molecule has 2 N–H and O–H groups in total. The lowest BCUT2D eigenvalue weighted by Gasteiger charge is -2.25. The van der Waals surface area contributed by atoms with E-state index in [1.165, 1.54) is 0 Å². The summed E-state index contributed by atoms with van der Waals surface area (Å²) in [6.07, 6.45) is -0.456. The number of nitrogens with zero attached hydrogens (tertiary/aromatic N) is 3. The van der Waals surface area contributed by atoms with Gasteiger partial charge in [-0.25, -0.2) is 9.78 Å². The summed E-state index contributed by atoms with van der Waals surface area (Å²) in [6.45, 7) is 11.4. The molecule has 2 aromatic rings. The van der Waals surface area contributed by atoms with Crippen molar-refractivity contribution >= 4 is 47.4 Å². The Kier molecular flexibility index (Phi) is 11.3. The molecular formula is C22H34IN5O2S. The zero-order chi connectivity index (χ0) is 22.1. The molecule has 31 heavy (non-hydrogen) atoms. The van der Waals surface area contributed by atoms with Gasteiger partial charge in [-0.3, -0.25) is 4.99 Å². The van der Waals surface area contributed by atoms with Crippen LogP contribution in [0.15, 0.2) is 40.7 Å². The summed E-state index contributed by atoms with van der Waals surface area (Å²) >= 11 is 1.64. The fourth-order valence-electron chi connectivity index (χ4n) is 2.82. The molecule has 0 spiro atoms. The molecule has 2 rings (SSSR count). The van der Waals surface area contributed by atoms with Gasteiger partial charge in [-0.05, 0) is 40.2 Å². The molecule has 1 atom stereocenters. The minimum atomic E-state index is -0.560. The molecule has 1 aromatic carbocycles. The fourth-order valence-corrected chi connectivity index (χ4v) is 3.42. The van der Waals surface area contributed by atoms with Crippen LogP contribution in [0.1, 0.15) is 50.0 Å². The summed E-state index contributed by atoms with van der Waals surface area (Å²) in [5.74, 6) is 0.759. The number of benzene rings is 1. The van der Waals surface area contributed by atoms with E-state index < -0.39 is 11.7 Å². The van der Waals surface area contributed by atoms with Gasteiger partial charge in [-0.2, -0.15) is 0 Å². The maximum atomic E-state index is 12.4. The molecule has 1 amide bonds. The molecule has 0 saturated carbocycles. The Labute approximate surface area is 206 Å². The highest BCUT2D eigenvalue weighted by atomic mass is 127. The topological polar surface area (TPSA) is 78.8 Å². The summed E-state index contributed by atoms with van der Waals surface area (Å²) in [6, 6.07) is 9.50. The van der Waals surface area contributed by atoms with Gasteiger partial charge in [0, 0.05) is 19.0 Å². The number of alkyl carbamates (subject to hydrolysis) is 1. The monoisotopic (exact) mass is 559 g/mol. The number of rotatable bonds is 7. The van der Waals surface area contributed by atoms with Gasteiger partial charge in [0.1, 0.15) is 5.60 Å². The number of aliphatic imine (C=N–C) groups is 1. The number of hydrogen-bond acceptors (Lipinski definition) is 5. The fraction of sp³-hybridized carbons (Fsp3) is 0.500. The first kappa shape index (κ1) is 27.2. The van der Waals surface area contributed by atoms with Crippen molar-refractivity contribution in [2.75, 3.05) is 20.1 Å².